The van der Waals surface area contributed by atoms with E-state index < -0.39 is 0 Å². The lowest BCUT2D eigenvalue weighted by Crippen LogP contribution is -2.38. The molecule has 0 aliphatic heterocycles. The van der Waals surface area contributed by atoms with Gasteiger partial charge in [-0.05, 0) is 6.92 Å². The molecule has 2 heterocycles. The second kappa shape index (κ2) is 8.20. The van der Waals surface area contributed by atoms with Crippen LogP contribution in [0.4, 0.5) is 0 Å². The van der Waals surface area contributed by atoms with E-state index in [1.54, 1.807) is 24.6 Å². The molecular formula is C12H18IN5OS. The molecule has 0 aliphatic carbocycles. The van der Waals surface area contributed by atoms with Crippen molar-refractivity contribution < 1.29 is 4.52 Å². The zero-order valence-electron chi connectivity index (χ0n) is 11.7. The van der Waals surface area contributed by atoms with Crippen molar-refractivity contribution in [3.63, 3.8) is 0 Å². The first kappa shape index (κ1) is 16.9. The van der Waals surface area contributed by atoms with Crippen LogP contribution in [0, 0.1) is 6.92 Å². The molecule has 0 unspecified atom stereocenters. The highest BCUT2D eigenvalue weighted by atomic mass is 127. The Morgan fingerprint density at radius 3 is 2.85 bits per heavy atom. The maximum atomic E-state index is 4.79. The minimum atomic E-state index is 0. The number of aromatic nitrogens is 2. The Hall–Kier alpha value is -1.16. The fourth-order valence-electron chi connectivity index (χ4n) is 1.68. The first-order valence-corrected chi connectivity index (χ1v) is 6.79. The highest BCUT2D eigenvalue weighted by Gasteiger charge is 2.09. The third-order valence-electron chi connectivity index (χ3n) is 2.56. The van der Waals surface area contributed by atoms with Crippen molar-refractivity contribution in [2.24, 2.45) is 4.99 Å². The standard InChI is InChI=1S/C12H17N5OS.HI/c1-9-15-11(8-19-9)7-17(3)12(13-2)14-6-10-4-5-18-16-10;/h4-5,8H,6-7H2,1-3H3,(H,13,14);1H. The van der Waals surface area contributed by atoms with Crippen molar-refractivity contribution in [3.8, 4) is 0 Å². The zero-order valence-corrected chi connectivity index (χ0v) is 14.8. The van der Waals surface area contributed by atoms with E-state index in [9.17, 15) is 0 Å². The number of hydrogen-bond acceptors (Lipinski definition) is 5. The second-order valence-corrected chi connectivity index (χ2v) is 5.17. The molecule has 110 valence electrons. The van der Waals surface area contributed by atoms with Gasteiger partial charge in [-0.25, -0.2) is 4.98 Å². The normalized spacial score (nSPS) is 11.1. The molecule has 0 saturated heterocycles. The molecule has 0 radical (unpaired) electrons. The van der Waals surface area contributed by atoms with Crippen molar-refractivity contribution in [1.82, 2.24) is 20.4 Å². The van der Waals surface area contributed by atoms with Crippen LogP contribution in [-0.2, 0) is 13.1 Å². The lowest BCUT2D eigenvalue weighted by Gasteiger charge is -2.20. The van der Waals surface area contributed by atoms with E-state index in [-0.39, 0.29) is 24.0 Å². The van der Waals surface area contributed by atoms with Gasteiger partial charge in [0.05, 0.1) is 23.8 Å². The number of hydrogen-bond donors (Lipinski definition) is 1. The topological polar surface area (TPSA) is 66.6 Å². The molecular weight excluding hydrogens is 389 g/mol. The van der Waals surface area contributed by atoms with Gasteiger partial charge in [-0.2, -0.15) is 0 Å². The van der Waals surface area contributed by atoms with Crippen LogP contribution in [0.5, 0.6) is 0 Å². The van der Waals surface area contributed by atoms with Crippen LogP contribution >= 0.6 is 35.3 Å². The van der Waals surface area contributed by atoms with Gasteiger partial charge in [-0.3, -0.25) is 4.99 Å². The molecule has 0 fully saturated rings. The number of nitrogens with one attached hydrogen (secondary N) is 1. The van der Waals surface area contributed by atoms with E-state index in [1.165, 1.54) is 0 Å². The highest BCUT2D eigenvalue weighted by Crippen LogP contribution is 2.09. The number of thiazole rings is 1. The predicted molar refractivity (Wildman–Crippen MR) is 90.4 cm³/mol. The van der Waals surface area contributed by atoms with Gasteiger partial charge >= 0.3 is 0 Å². The molecule has 6 nitrogen and oxygen atoms in total. The summed E-state index contributed by atoms with van der Waals surface area (Å²) in [5.74, 6) is 0.800. The molecule has 0 atom stereocenters. The fourth-order valence-corrected chi connectivity index (χ4v) is 2.29. The number of nitrogens with zero attached hydrogens (tertiary/aromatic N) is 4. The molecule has 0 aromatic carbocycles. The summed E-state index contributed by atoms with van der Waals surface area (Å²) in [6, 6.07) is 1.82. The van der Waals surface area contributed by atoms with Crippen molar-refractivity contribution in [2.45, 2.75) is 20.0 Å². The smallest absolute Gasteiger partial charge is 0.194 e. The van der Waals surface area contributed by atoms with Crippen molar-refractivity contribution in [2.75, 3.05) is 14.1 Å². The Morgan fingerprint density at radius 1 is 1.50 bits per heavy atom. The third-order valence-corrected chi connectivity index (χ3v) is 3.38. The average molecular weight is 407 g/mol. The molecule has 0 saturated carbocycles. The molecule has 1 N–H and O–H groups in total. The molecule has 2 aromatic rings. The van der Waals surface area contributed by atoms with Crippen molar-refractivity contribution in [3.05, 3.63) is 34.1 Å². The van der Waals surface area contributed by atoms with Crippen LogP contribution in [-0.4, -0.2) is 35.1 Å². The van der Waals surface area contributed by atoms with Crippen LogP contribution in [0.3, 0.4) is 0 Å². The lowest BCUT2D eigenvalue weighted by atomic mass is 10.4. The average Bonchev–Trinajstić information content (AvgIpc) is 3.02. The highest BCUT2D eigenvalue weighted by molar-refractivity contribution is 14.0. The quantitative estimate of drug-likeness (QED) is 0.479. The summed E-state index contributed by atoms with van der Waals surface area (Å²) in [5, 5.41) is 10.2. The zero-order chi connectivity index (χ0) is 13.7. The second-order valence-electron chi connectivity index (χ2n) is 4.11. The van der Waals surface area contributed by atoms with Gasteiger partial charge in [-0.1, -0.05) is 5.16 Å². The Labute approximate surface area is 139 Å². The summed E-state index contributed by atoms with van der Waals surface area (Å²) < 4.78 is 4.79. The van der Waals surface area contributed by atoms with Crippen LogP contribution in [0.15, 0.2) is 27.2 Å². The number of rotatable bonds is 4. The van der Waals surface area contributed by atoms with Gasteiger partial charge in [0.15, 0.2) is 5.96 Å². The van der Waals surface area contributed by atoms with Gasteiger partial charge in [0, 0.05) is 25.5 Å². The van der Waals surface area contributed by atoms with Gasteiger partial charge in [0.25, 0.3) is 0 Å². The molecule has 0 amide bonds. The summed E-state index contributed by atoms with van der Waals surface area (Å²) in [4.78, 5) is 10.7. The monoisotopic (exact) mass is 407 g/mol. The largest absolute Gasteiger partial charge is 0.364 e. The number of aliphatic imine (C=N–C) groups is 1. The fraction of sp³-hybridized carbons (Fsp3) is 0.417. The van der Waals surface area contributed by atoms with E-state index in [0.717, 1.165) is 28.9 Å². The minimum absolute atomic E-state index is 0. The first-order valence-electron chi connectivity index (χ1n) is 5.91. The van der Waals surface area contributed by atoms with Gasteiger partial charge in [0.1, 0.15) is 12.0 Å². The maximum absolute atomic E-state index is 4.79. The molecule has 2 rings (SSSR count). The molecule has 0 spiro atoms. The van der Waals surface area contributed by atoms with Crippen molar-refractivity contribution >= 4 is 41.3 Å². The number of aryl methyl sites for hydroxylation is 1. The summed E-state index contributed by atoms with van der Waals surface area (Å²) in [6.45, 7) is 3.32. The van der Waals surface area contributed by atoms with E-state index >= 15 is 0 Å². The Bertz CT molecular complexity index is 540. The van der Waals surface area contributed by atoms with Crippen LogP contribution in [0.2, 0.25) is 0 Å². The van der Waals surface area contributed by atoms with Crippen LogP contribution in [0.25, 0.3) is 0 Å². The number of halogens is 1. The lowest BCUT2D eigenvalue weighted by molar-refractivity contribution is 0.409. The summed E-state index contributed by atoms with van der Waals surface area (Å²) in [5.41, 5.74) is 1.90. The molecule has 8 heteroatoms. The first-order chi connectivity index (χ1) is 9.19. The molecule has 0 aliphatic rings. The molecule has 2 aromatic heterocycles. The van der Waals surface area contributed by atoms with Crippen LogP contribution in [0.1, 0.15) is 16.4 Å². The summed E-state index contributed by atoms with van der Waals surface area (Å²) in [6.07, 6.45) is 1.56. The number of guanidine groups is 1. The van der Waals surface area contributed by atoms with E-state index in [2.05, 4.69) is 25.8 Å². The predicted octanol–water partition coefficient (Wildman–Crippen LogP) is 2.26. The summed E-state index contributed by atoms with van der Waals surface area (Å²) >= 11 is 1.66. The SMILES string of the molecule is CN=C(NCc1ccon1)N(C)Cc1csc(C)n1.I. The van der Waals surface area contributed by atoms with Gasteiger partial charge in [0.2, 0.25) is 0 Å². The Kier molecular flexibility index (Phi) is 6.93. The molecule has 0 bridgehead atoms. The molecule has 20 heavy (non-hydrogen) atoms. The van der Waals surface area contributed by atoms with E-state index in [0.29, 0.717) is 6.54 Å². The van der Waals surface area contributed by atoms with Gasteiger partial charge in [-0.15, -0.1) is 35.3 Å². The minimum Gasteiger partial charge on any atom is -0.364 e. The van der Waals surface area contributed by atoms with E-state index in [4.69, 9.17) is 4.52 Å². The Balaban J connectivity index is 0.00000200. The van der Waals surface area contributed by atoms with Crippen LogP contribution < -0.4 is 5.32 Å². The van der Waals surface area contributed by atoms with E-state index in [1.807, 2.05) is 24.9 Å². The van der Waals surface area contributed by atoms with Gasteiger partial charge < -0.3 is 14.7 Å². The third kappa shape index (κ3) is 4.75. The maximum Gasteiger partial charge on any atom is 0.194 e. The summed E-state index contributed by atoms with van der Waals surface area (Å²) in [7, 11) is 3.74. The Morgan fingerprint density at radius 2 is 2.30 bits per heavy atom. The van der Waals surface area contributed by atoms with Crippen molar-refractivity contribution in [1.29, 1.82) is 0 Å².